The summed E-state index contributed by atoms with van der Waals surface area (Å²) >= 11 is 0. The molecule has 4 N–H and O–H groups in total. The van der Waals surface area contributed by atoms with Crippen LogP contribution < -0.4 is 16.2 Å². The van der Waals surface area contributed by atoms with Crippen molar-refractivity contribution in [2.45, 2.75) is 25.9 Å². The zero-order valence-electron chi connectivity index (χ0n) is 10.1. The fourth-order valence-electron chi connectivity index (χ4n) is 1.52. The number of ether oxygens (including phenoxy) is 1. The lowest BCUT2D eigenvalue weighted by Crippen LogP contribution is -2.33. The Morgan fingerprint density at radius 3 is 2.33 bits per heavy atom. The van der Waals surface area contributed by atoms with Gasteiger partial charge in [0.1, 0.15) is 0 Å². The number of primary amides is 1. The first kappa shape index (κ1) is 14.4. The van der Waals surface area contributed by atoms with Crippen LogP contribution in [0, 0.1) is 11.6 Å². The van der Waals surface area contributed by atoms with Gasteiger partial charge in [0.2, 0.25) is 0 Å². The molecule has 1 rings (SSSR count). The molecule has 6 heteroatoms. The Morgan fingerprint density at radius 1 is 1.39 bits per heavy atom. The van der Waals surface area contributed by atoms with Crippen molar-refractivity contribution in [3.8, 4) is 5.75 Å². The summed E-state index contributed by atoms with van der Waals surface area (Å²) in [5.74, 6) is -3.07. The zero-order chi connectivity index (χ0) is 13.7. The van der Waals surface area contributed by atoms with Crippen LogP contribution in [-0.2, 0) is 11.2 Å². The van der Waals surface area contributed by atoms with E-state index in [0.717, 1.165) is 12.1 Å². The van der Waals surface area contributed by atoms with Crippen molar-refractivity contribution in [2.75, 3.05) is 6.54 Å². The van der Waals surface area contributed by atoms with Gasteiger partial charge in [0.05, 0.1) is 0 Å². The number of hydrogen-bond donors (Lipinski definition) is 2. The fourth-order valence-corrected chi connectivity index (χ4v) is 1.52. The van der Waals surface area contributed by atoms with E-state index in [1.807, 2.05) is 0 Å². The average molecular weight is 258 g/mol. The molecule has 4 nitrogen and oxygen atoms in total. The second-order valence-corrected chi connectivity index (χ2v) is 3.84. The fraction of sp³-hybridized carbons (Fsp3) is 0.417. The summed E-state index contributed by atoms with van der Waals surface area (Å²) in [6.45, 7) is 1.92. The molecule has 0 aliphatic heterocycles. The summed E-state index contributed by atoms with van der Waals surface area (Å²) in [4.78, 5) is 11.0. The Bertz CT molecular complexity index is 415. The second kappa shape index (κ2) is 6.30. The van der Waals surface area contributed by atoms with E-state index in [0.29, 0.717) is 12.0 Å². The van der Waals surface area contributed by atoms with Gasteiger partial charge >= 0.3 is 0 Å². The van der Waals surface area contributed by atoms with E-state index < -0.39 is 29.4 Å². The van der Waals surface area contributed by atoms with Crippen LogP contribution in [0.5, 0.6) is 5.75 Å². The molecule has 1 unspecified atom stereocenters. The first-order chi connectivity index (χ1) is 8.49. The zero-order valence-corrected chi connectivity index (χ0v) is 10.1. The molecular weight excluding hydrogens is 242 g/mol. The highest BCUT2D eigenvalue weighted by molar-refractivity contribution is 5.79. The molecule has 0 heterocycles. The molecule has 0 aliphatic rings. The molecule has 0 fully saturated rings. The lowest BCUT2D eigenvalue weighted by molar-refractivity contribution is -0.124. The number of benzene rings is 1. The number of amides is 1. The molecule has 0 bridgehead atoms. The third-order valence-electron chi connectivity index (χ3n) is 2.44. The summed E-state index contributed by atoms with van der Waals surface area (Å²) in [5.41, 5.74) is 10.8. The summed E-state index contributed by atoms with van der Waals surface area (Å²) in [6.07, 6.45) is -0.450. The standard InChI is InChI=1S/C12H16F2N2O2/c1-2-10(12(16)17)18-11-8(13)5-7(3-4-15)6-9(11)14/h5-6,10H,2-4,15H2,1H3,(H2,16,17). The Balaban J connectivity index is 2.99. The van der Waals surface area contributed by atoms with Crippen LogP contribution in [0.2, 0.25) is 0 Å². The molecule has 1 amide bonds. The largest absolute Gasteiger partial charge is 0.474 e. The van der Waals surface area contributed by atoms with E-state index in [1.165, 1.54) is 0 Å². The van der Waals surface area contributed by atoms with E-state index in [-0.39, 0.29) is 13.0 Å². The summed E-state index contributed by atoms with van der Waals surface area (Å²) in [5, 5.41) is 0. The van der Waals surface area contributed by atoms with E-state index in [9.17, 15) is 13.6 Å². The number of halogens is 2. The maximum Gasteiger partial charge on any atom is 0.258 e. The normalized spacial score (nSPS) is 12.2. The number of carbonyl (C=O) groups is 1. The van der Waals surface area contributed by atoms with E-state index in [4.69, 9.17) is 16.2 Å². The molecule has 100 valence electrons. The maximum atomic E-state index is 13.6. The Morgan fingerprint density at radius 2 is 1.94 bits per heavy atom. The van der Waals surface area contributed by atoms with Crippen LogP contribution in [0.3, 0.4) is 0 Å². The number of nitrogens with two attached hydrogens (primary N) is 2. The predicted molar refractivity (Wildman–Crippen MR) is 63.0 cm³/mol. The van der Waals surface area contributed by atoms with Crippen molar-refractivity contribution in [3.05, 3.63) is 29.3 Å². The van der Waals surface area contributed by atoms with Gasteiger partial charge in [-0.3, -0.25) is 4.79 Å². The van der Waals surface area contributed by atoms with Crippen molar-refractivity contribution in [1.29, 1.82) is 0 Å². The van der Waals surface area contributed by atoms with Crippen molar-refractivity contribution in [3.63, 3.8) is 0 Å². The Hall–Kier alpha value is -1.69. The third-order valence-corrected chi connectivity index (χ3v) is 2.44. The monoisotopic (exact) mass is 258 g/mol. The van der Waals surface area contributed by atoms with Gasteiger partial charge in [0.15, 0.2) is 23.5 Å². The molecule has 0 saturated carbocycles. The van der Waals surface area contributed by atoms with E-state index in [1.54, 1.807) is 6.92 Å². The lowest BCUT2D eigenvalue weighted by Gasteiger charge is -2.15. The molecule has 0 spiro atoms. The highest BCUT2D eigenvalue weighted by Crippen LogP contribution is 2.25. The van der Waals surface area contributed by atoms with Crippen LogP contribution in [-0.4, -0.2) is 18.6 Å². The molecule has 0 saturated heterocycles. The summed E-state index contributed by atoms with van der Waals surface area (Å²) in [7, 11) is 0. The minimum absolute atomic E-state index is 0.235. The molecular formula is C12H16F2N2O2. The molecule has 0 aliphatic carbocycles. The maximum absolute atomic E-state index is 13.6. The molecule has 1 atom stereocenters. The molecule has 1 aromatic carbocycles. The lowest BCUT2D eigenvalue weighted by atomic mass is 10.1. The van der Waals surface area contributed by atoms with Crippen LogP contribution in [0.1, 0.15) is 18.9 Å². The summed E-state index contributed by atoms with van der Waals surface area (Å²) < 4.78 is 32.2. The molecule has 0 radical (unpaired) electrons. The SMILES string of the molecule is CCC(Oc1c(F)cc(CCN)cc1F)C(N)=O. The van der Waals surface area contributed by atoms with Gasteiger partial charge < -0.3 is 16.2 Å². The predicted octanol–water partition coefficient (Wildman–Crippen LogP) is 1.11. The molecule has 1 aromatic rings. The number of carbonyl (C=O) groups excluding carboxylic acids is 1. The average Bonchev–Trinajstić information content (AvgIpc) is 2.28. The Labute approximate surface area is 104 Å². The number of hydrogen-bond acceptors (Lipinski definition) is 3. The molecule has 0 aromatic heterocycles. The van der Waals surface area contributed by atoms with Gasteiger partial charge in [-0.2, -0.15) is 0 Å². The van der Waals surface area contributed by atoms with Crippen molar-refractivity contribution >= 4 is 5.91 Å². The van der Waals surface area contributed by atoms with Gasteiger partial charge in [-0.05, 0) is 37.1 Å². The highest BCUT2D eigenvalue weighted by atomic mass is 19.1. The van der Waals surface area contributed by atoms with Gasteiger partial charge in [0, 0.05) is 0 Å². The van der Waals surface area contributed by atoms with Gasteiger partial charge in [0.25, 0.3) is 5.91 Å². The van der Waals surface area contributed by atoms with Gasteiger partial charge in [-0.25, -0.2) is 8.78 Å². The van der Waals surface area contributed by atoms with Crippen LogP contribution >= 0.6 is 0 Å². The smallest absolute Gasteiger partial charge is 0.258 e. The topological polar surface area (TPSA) is 78.3 Å². The van der Waals surface area contributed by atoms with Crippen LogP contribution in [0.4, 0.5) is 8.78 Å². The second-order valence-electron chi connectivity index (χ2n) is 3.84. The van der Waals surface area contributed by atoms with E-state index >= 15 is 0 Å². The quantitative estimate of drug-likeness (QED) is 0.802. The van der Waals surface area contributed by atoms with Crippen molar-refractivity contribution in [1.82, 2.24) is 0 Å². The van der Waals surface area contributed by atoms with E-state index in [2.05, 4.69) is 0 Å². The van der Waals surface area contributed by atoms with Crippen LogP contribution in [0.15, 0.2) is 12.1 Å². The van der Waals surface area contributed by atoms with Crippen LogP contribution in [0.25, 0.3) is 0 Å². The Kier molecular flexibility index (Phi) is 5.03. The highest BCUT2D eigenvalue weighted by Gasteiger charge is 2.20. The minimum Gasteiger partial charge on any atom is -0.474 e. The summed E-state index contributed by atoms with van der Waals surface area (Å²) in [6, 6.07) is 2.28. The third kappa shape index (κ3) is 3.40. The van der Waals surface area contributed by atoms with Crippen molar-refractivity contribution in [2.24, 2.45) is 11.5 Å². The van der Waals surface area contributed by atoms with Gasteiger partial charge in [-0.1, -0.05) is 6.92 Å². The first-order valence-electron chi connectivity index (χ1n) is 5.63. The van der Waals surface area contributed by atoms with Gasteiger partial charge in [-0.15, -0.1) is 0 Å². The van der Waals surface area contributed by atoms with Crippen molar-refractivity contribution < 1.29 is 18.3 Å². The molecule has 18 heavy (non-hydrogen) atoms. The minimum atomic E-state index is -1.05. The number of rotatable bonds is 6. The first-order valence-corrected chi connectivity index (χ1v) is 5.63.